The van der Waals surface area contributed by atoms with Gasteiger partial charge in [0.2, 0.25) is 0 Å². The number of nitrogens with zero attached hydrogens (tertiary/aromatic N) is 2. The first-order valence-corrected chi connectivity index (χ1v) is 10.5. The van der Waals surface area contributed by atoms with Crippen LogP contribution >= 0.6 is 0 Å². The number of hydrogen-bond acceptors (Lipinski definition) is 5. The molecule has 3 rings (SSSR count). The zero-order valence-corrected chi connectivity index (χ0v) is 17.6. The summed E-state index contributed by atoms with van der Waals surface area (Å²) in [6.07, 6.45) is 3.89. The van der Waals surface area contributed by atoms with E-state index in [0.29, 0.717) is 19.3 Å². The number of guanidine groups is 1. The summed E-state index contributed by atoms with van der Waals surface area (Å²) in [4.78, 5) is 18.3. The summed E-state index contributed by atoms with van der Waals surface area (Å²) in [7, 11) is 3.25. The molecule has 29 heavy (non-hydrogen) atoms. The number of nitrogens with one attached hydrogen (secondary N) is 1. The number of carbonyl (C=O) groups excluding carboxylic acids is 1. The Morgan fingerprint density at radius 1 is 1.14 bits per heavy atom. The molecule has 2 saturated heterocycles. The molecule has 7 heteroatoms. The minimum atomic E-state index is -0.103. The molecule has 0 radical (unpaired) electrons. The van der Waals surface area contributed by atoms with Crippen LogP contribution in [0, 0.1) is 5.92 Å². The third kappa shape index (κ3) is 6.44. The smallest absolute Gasteiger partial charge is 0.308 e. The normalized spacial score (nSPS) is 19.2. The van der Waals surface area contributed by atoms with Crippen molar-refractivity contribution < 1.29 is 19.0 Å². The third-order valence-electron chi connectivity index (χ3n) is 5.67. The van der Waals surface area contributed by atoms with E-state index in [0.717, 1.165) is 57.9 Å². The van der Waals surface area contributed by atoms with Crippen LogP contribution in [0.15, 0.2) is 29.3 Å². The van der Waals surface area contributed by atoms with Crippen molar-refractivity contribution in [2.45, 2.75) is 44.9 Å². The van der Waals surface area contributed by atoms with E-state index < -0.39 is 0 Å². The maximum atomic E-state index is 11.7. The van der Waals surface area contributed by atoms with Gasteiger partial charge in [0.15, 0.2) is 5.96 Å². The predicted octanol–water partition coefficient (Wildman–Crippen LogP) is 2.34. The number of methoxy groups -OCH3 is 1. The maximum Gasteiger partial charge on any atom is 0.308 e. The van der Waals surface area contributed by atoms with Gasteiger partial charge in [-0.2, -0.15) is 0 Å². The Morgan fingerprint density at radius 2 is 1.79 bits per heavy atom. The van der Waals surface area contributed by atoms with Gasteiger partial charge in [0.1, 0.15) is 0 Å². The van der Waals surface area contributed by atoms with Gasteiger partial charge in [-0.3, -0.25) is 9.79 Å². The second-order valence-electron chi connectivity index (χ2n) is 7.62. The average molecular weight is 404 g/mol. The number of piperidine rings is 1. The highest BCUT2D eigenvalue weighted by atomic mass is 16.5. The summed E-state index contributed by atoms with van der Waals surface area (Å²) in [6.45, 7) is 4.58. The van der Waals surface area contributed by atoms with Crippen molar-refractivity contribution in [2.75, 3.05) is 40.5 Å². The van der Waals surface area contributed by atoms with Crippen LogP contribution in [0.4, 0.5) is 0 Å². The fourth-order valence-corrected chi connectivity index (χ4v) is 3.82. The first kappa shape index (κ1) is 21.6. The number of hydrogen-bond donors (Lipinski definition) is 1. The second kappa shape index (κ2) is 11.2. The van der Waals surface area contributed by atoms with E-state index in [1.54, 1.807) is 7.05 Å². The lowest BCUT2D eigenvalue weighted by molar-refractivity contribution is -0.146. The molecule has 0 aliphatic carbocycles. The molecule has 2 heterocycles. The van der Waals surface area contributed by atoms with E-state index in [1.165, 1.54) is 18.2 Å². The standard InChI is InChI=1S/C22H33N3O4/c1-23-22(25-11-7-19(8-12-25)21(26)27-2)24-15-17-3-5-18(6-4-17)16-29-20-9-13-28-14-10-20/h3-6,19-20H,7-16H2,1-2H3,(H,23,24). The van der Waals surface area contributed by atoms with Gasteiger partial charge < -0.3 is 24.4 Å². The summed E-state index contributed by atoms with van der Waals surface area (Å²) < 4.78 is 16.2. The van der Waals surface area contributed by atoms with E-state index in [1.807, 2.05) is 0 Å². The van der Waals surface area contributed by atoms with Gasteiger partial charge in [-0.05, 0) is 36.8 Å². The highest BCUT2D eigenvalue weighted by molar-refractivity contribution is 5.80. The van der Waals surface area contributed by atoms with E-state index in [-0.39, 0.29) is 11.9 Å². The van der Waals surface area contributed by atoms with Gasteiger partial charge in [-0.25, -0.2) is 0 Å². The second-order valence-corrected chi connectivity index (χ2v) is 7.62. The van der Waals surface area contributed by atoms with Crippen LogP contribution in [0.1, 0.15) is 36.8 Å². The SMILES string of the molecule is CN=C(NCc1ccc(COC2CCOCC2)cc1)N1CCC(C(=O)OC)CC1. The molecule has 1 N–H and O–H groups in total. The number of carbonyl (C=O) groups is 1. The molecule has 0 aromatic heterocycles. The quantitative estimate of drug-likeness (QED) is 0.447. The topological polar surface area (TPSA) is 72.4 Å². The number of aliphatic imine (C=N–C) groups is 1. The van der Waals surface area contributed by atoms with Gasteiger partial charge in [-0.1, -0.05) is 24.3 Å². The zero-order chi connectivity index (χ0) is 20.5. The van der Waals surface area contributed by atoms with Crippen LogP contribution < -0.4 is 5.32 Å². The highest BCUT2D eigenvalue weighted by Crippen LogP contribution is 2.19. The molecule has 0 spiro atoms. The van der Waals surface area contributed by atoms with Gasteiger partial charge in [-0.15, -0.1) is 0 Å². The molecule has 2 aliphatic heterocycles. The van der Waals surface area contributed by atoms with Gasteiger partial charge in [0.25, 0.3) is 0 Å². The molecule has 0 saturated carbocycles. The summed E-state index contributed by atoms with van der Waals surface area (Å²) >= 11 is 0. The first-order chi connectivity index (χ1) is 14.2. The highest BCUT2D eigenvalue weighted by Gasteiger charge is 2.26. The minimum absolute atomic E-state index is 0.00487. The molecular formula is C22H33N3O4. The molecule has 0 amide bonds. The fourth-order valence-electron chi connectivity index (χ4n) is 3.82. The van der Waals surface area contributed by atoms with Crippen molar-refractivity contribution in [3.63, 3.8) is 0 Å². The van der Waals surface area contributed by atoms with Crippen LogP contribution in [0.25, 0.3) is 0 Å². The number of ether oxygens (including phenoxy) is 3. The summed E-state index contributed by atoms with van der Waals surface area (Å²) in [5.74, 6) is 0.777. The molecule has 0 atom stereocenters. The third-order valence-corrected chi connectivity index (χ3v) is 5.67. The minimum Gasteiger partial charge on any atom is -0.469 e. The van der Waals surface area contributed by atoms with Crippen molar-refractivity contribution in [2.24, 2.45) is 10.9 Å². The Kier molecular flexibility index (Phi) is 8.31. The number of rotatable bonds is 6. The number of likely N-dealkylation sites (tertiary alicyclic amines) is 1. The summed E-state index contributed by atoms with van der Waals surface area (Å²) in [6, 6.07) is 8.51. The molecular weight excluding hydrogens is 370 g/mol. The van der Waals surface area contributed by atoms with Crippen molar-refractivity contribution in [1.82, 2.24) is 10.2 Å². The lowest BCUT2D eigenvalue weighted by Gasteiger charge is -2.33. The van der Waals surface area contributed by atoms with Crippen LogP contribution in [0.5, 0.6) is 0 Å². The van der Waals surface area contributed by atoms with Gasteiger partial charge >= 0.3 is 5.97 Å². The van der Waals surface area contributed by atoms with E-state index in [2.05, 4.69) is 39.5 Å². The monoisotopic (exact) mass is 403 g/mol. The molecule has 7 nitrogen and oxygen atoms in total. The summed E-state index contributed by atoms with van der Waals surface area (Å²) in [5, 5.41) is 3.43. The van der Waals surface area contributed by atoms with Crippen molar-refractivity contribution >= 4 is 11.9 Å². The van der Waals surface area contributed by atoms with E-state index in [9.17, 15) is 4.79 Å². The van der Waals surface area contributed by atoms with Crippen LogP contribution in [-0.4, -0.2) is 63.4 Å². The van der Waals surface area contributed by atoms with Crippen molar-refractivity contribution in [1.29, 1.82) is 0 Å². The fraction of sp³-hybridized carbons (Fsp3) is 0.636. The predicted molar refractivity (Wildman–Crippen MR) is 112 cm³/mol. The number of esters is 1. The average Bonchev–Trinajstić information content (AvgIpc) is 2.79. The van der Waals surface area contributed by atoms with Gasteiger partial charge in [0, 0.05) is 39.9 Å². The Morgan fingerprint density at radius 3 is 2.41 bits per heavy atom. The Balaban J connectivity index is 1.42. The lowest BCUT2D eigenvalue weighted by atomic mass is 9.97. The molecule has 2 fully saturated rings. The van der Waals surface area contributed by atoms with Gasteiger partial charge in [0.05, 0.1) is 25.7 Å². The van der Waals surface area contributed by atoms with Crippen LogP contribution in [0.2, 0.25) is 0 Å². The Bertz CT molecular complexity index is 663. The summed E-state index contributed by atoms with van der Waals surface area (Å²) in [5.41, 5.74) is 2.39. The maximum absolute atomic E-state index is 11.7. The number of benzene rings is 1. The van der Waals surface area contributed by atoms with Crippen LogP contribution in [-0.2, 0) is 32.2 Å². The van der Waals surface area contributed by atoms with Crippen molar-refractivity contribution in [3.8, 4) is 0 Å². The first-order valence-electron chi connectivity index (χ1n) is 10.5. The molecule has 160 valence electrons. The zero-order valence-electron chi connectivity index (χ0n) is 17.6. The Labute approximate surface area is 173 Å². The van der Waals surface area contributed by atoms with E-state index in [4.69, 9.17) is 14.2 Å². The molecule has 0 bridgehead atoms. The molecule has 1 aromatic carbocycles. The molecule has 1 aromatic rings. The van der Waals surface area contributed by atoms with Crippen molar-refractivity contribution in [3.05, 3.63) is 35.4 Å². The Hall–Kier alpha value is -2.12. The largest absolute Gasteiger partial charge is 0.469 e. The molecule has 2 aliphatic rings. The van der Waals surface area contributed by atoms with Crippen LogP contribution in [0.3, 0.4) is 0 Å². The molecule has 0 unspecified atom stereocenters. The lowest BCUT2D eigenvalue weighted by Crippen LogP contribution is -2.46. The van der Waals surface area contributed by atoms with E-state index >= 15 is 0 Å².